The molecule has 34 heavy (non-hydrogen) atoms. The molecule has 3 aromatic carbocycles. The molecule has 0 spiro atoms. The molecule has 0 atom stereocenters. The molecule has 2 N–H and O–H groups in total. The minimum atomic E-state index is -0.455. The molecule has 0 aliphatic carbocycles. The predicted octanol–water partition coefficient (Wildman–Crippen LogP) is 4.55. The van der Waals surface area contributed by atoms with Gasteiger partial charge in [-0.2, -0.15) is 5.10 Å². The molecule has 0 saturated heterocycles. The first-order valence-corrected chi connectivity index (χ1v) is 10.8. The lowest BCUT2D eigenvalue weighted by Crippen LogP contribution is -2.24. The molecule has 8 nitrogen and oxygen atoms in total. The van der Waals surface area contributed by atoms with Crippen molar-refractivity contribution in [3.05, 3.63) is 82.3 Å². The number of benzene rings is 3. The lowest BCUT2D eigenvalue weighted by atomic mass is 10.2. The minimum Gasteiger partial charge on any atom is -0.495 e. The van der Waals surface area contributed by atoms with Crippen molar-refractivity contribution < 1.29 is 23.8 Å². The Morgan fingerprint density at radius 1 is 0.912 bits per heavy atom. The smallest absolute Gasteiger partial charge is 0.277 e. The van der Waals surface area contributed by atoms with E-state index in [2.05, 4.69) is 15.8 Å². The molecule has 176 valence electrons. The van der Waals surface area contributed by atoms with Crippen molar-refractivity contribution >= 4 is 46.9 Å². The summed E-state index contributed by atoms with van der Waals surface area (Å²) in [5.41, 5.74) is 3.64. The van der Waals surface area contributed by atoms with Crippen molar-refractivity contribution in [2.24, 2.45) is 5.10 Å². The second-order valence-electron chi connectivity index (χ2n) is 6.76. The average molecular weight is 502 g/mol. The first-order chi connectivity index (χ1) is 16.4. The monoisotopic (exact) mass is 501 g/mol. The van der Waals surface area contributed by atoms with Gasteiger partial charge in [-0.15, -0.1) is 0 Å². The zero-order chi connectivity index (χ0) is 24.3. The highest BCUT2D eigenvalue weighted by molar-refractivity contribution is 6.35. The Labute approximate surface area is 206 Å². The molecule has 0 aromatic heterocycles. The Morgan fingerprint density at radius 3 is 2.38 bits per heavy atom. The van der Waals surface area contributed by atoms with Crippen LogP contribution in [0.15, 0.2) is 71.8 Å². The Balaban J connectivity index is 1.41. The largest absolute Gasteiger partial charge is 0.495 e. The number of carbonyl (C=O) groups is 2. The van der Waals surface area contributed by atoms with Gasteiger partial charge in [0, 0.05) is 5.02 Å². The van der Waals surface area contributed by atoms with Gasteiger partial charge in [0.25, 0.3) is 11.8 Å². The summed E-state index contributed by atoms with van der Waals surface area (Å²) in [6, 6.07) is 18.6. The van der Waals surface area contributed by atoms with Crippen molar-refractivity contribution in [2.45, 2.75) is 0 Å². The number of halogens is 2. The van der Waals surface area contributed by atoms with Crippen molar-refractivity contribution in [1.29, 1.82) is 0 Å². The molecule has 0 aliphatic heterocycles. The molecule has 0 bridgehead atoms. The van der Waals surface area contributed by atoms with E-state index < -0.39 is 5.91 Å². The van der Waals surface area contributed by atoms with Gasteiger partial charge in [0.15, 0.2) is 13.2 Å². The van der Waals surface area contributed by atoms with Gasteiger partial charge in [0.2, 0.25) is 0 Å². The van der Waals surface area contributed by atoms with Gasteiger partial charge in [-0.05, 0) is 60.2 Å². The molecule has 0 heterocycles. The molecule has 2 amide bonds. The molecule has 0 unspecified atom stereocenters. The summed E-state index contributed by atoms with van der Waals surface area (Å²) in [4.78, 5) is 24.0. The van der Waals surface area contributed by atoms with Crippen molar-refractivity contribution in [3.63, 3.8) is 0 Å². The van der Waals surface area contributed by atoms with Gasteiger partial charge in [-0.1, -0.05) is 35.3 Å². The number of ether oxygens (including phenoxy) is 3. The third-order valence-electron chi connectivity index (χ3n) is 4.29. The van der Waals surface area contributed by atoms with E-state index in [0.29, 0.717) is 38.5 Å². The van der Waals surface area contributed by atoms with Crippen LogP contribution in [0.3, 0.4) is 0 Å². The predicted molar refractivity (Wildman–Crippen MR) is 131 cm³/mol. The number of para-hydroxylation sites is 2. The number of nitrogens with one attached hydrogen (secondary N) is 2. The van der Waals surface area contributed by atoms with Gasteiger partial charge in [-0.25, -0.2) is 5.43 Å². The fraction of sp³-hybridized carbons (Fsp3) is 0.125. The minimum absolute atomic E-state index is 0.167. The highest BCUT2D eigenvalue weighted by Crippen LogP contribution is 2.27. The number of rotatable bonds is 10. The van der Waals surface area contributed by atoms with Crippen LogP contribution in [0.5, 0.6) is 17.2 Å². The first-order valence-electron chi connectivity index (χ1n) is 10.00. The van der Waals surface area contributed by atoms with Crippen molar-refractivity contribution in [3.8, 4) is 17.2 Å². The zero-order valence-electron chi connectivity index (χ0n) is 18.1. The van der Waals surface area contributed by atoms with Crippen LogP contribution in [-0.4, -0.2) is 38.4 Å². The maximum absolute atomic E-state index is 12.1. The van der Waals surface area contributed by atoms with Gasteiger partial charge < -0.3 is 19.5 Å². The second-order valence-corrected chi connectivity index (χ2v) is 7.61. The highest BCUT2D eigenvalue weighted by atomic mass is 35.5. The highest BCUT2D eigenvalue weighted by Gasteiger charge is 2.08. The van der Waals surface area contributed by atoms with E-state index in [1.807, 2.05) is 6.07 Å². The lowest BCUT2D eigenvalue weighted by Gasteiger charge is -2.10. The van der Waals surface area contributed by atoms with Crippen LogP contribution < -0.4 is 25.0 Å². The topological polar surface area (TPSA) is 98.3 Å². The average Bonchev–Trinajstić information content (AvgIpc) is 2.83. The molecule has 0 saturated carbocycles. The molecular weight excluding hydrogens is 481 g/mol. The summed E-state index contributed by atoms with van der Waals surface area (Å²) in [5.74, 6) is 0.636. The summed E-state index contributed by atoms with van der Waals surface area (Å²) in [6.45, 7) is -0.429. The number of methoxy groups -OCH3 is 1. The fourth-order valence-corrected chi connectivity index (χ4v) is 3.14. The van der Waals surface area contributed by atoms with Crippen LogP contribution in [0.25, 0.3) is 0 Å². The van der Waals surface area contributed by atoms with E-state index in [-0.39, 0.29) is 19.1 Å². The Kier molecular flexibility index (Phi) is 9.13. The summed E-state index contributed by atoms with van der Waals surface area (Å²) >= 11 is 11.8. The van der Waals surface area contributed by atoms with Crippen LogP contribution in [-0.2, 0) is 9.59 Å². The number of hydrogen-bond donors (Lipinski definition) is 2. The summed E-state index contributed by atoms with van der Waals surface area (Å²) < 4.78 is 16.0. The van der Waals surface area contributed by atoms with Crippen LogP contribution >= 0.6 is 23.2 Å². The van der Waals surface area contributed by atoms with Crippen LogP contribution in [0.2, 0.25) is 10.0 Å². The molecule has 3 rings (SSSR count). The van der Waals surface area contributed by atoms with Crippen LogP contribution in [0.1, 0.15) is 5.56 Å². The van der Waals surface area contributed by atoms with E-state index in [9.17, 15) is 9.59 Å². The summed E-state index contributed by atoms with van der Waals surface area (Å²) in [6.07, 6.45) is 1.46. The number of anilines is 1. The quantitative estimate of drug-likeness (QED) is 0.313. The second kappa shape index (κ2) is 12.5. The zero-order valence-corrected chi connectivity index (χ0v) is 19.6. The number of nitrogens with zero attached hydrogens (tertiary/aromatic N) is 1. The Morgan fingerprint density at radius 2 is 1.65 bits per heavy atom. The third kappa shape index (κ3) is 7.68. The molecule has 0 radical (unpaired) electrons. The van der Waals surface area contributed by atoms with Crippen molar-refractivity contribution in [1.82, 2.24) is 5.43 Å². The third-order valence-corrected chi connectivity index (χ3v) is 4.82. The van der Waals surface area contributed by atoms with Crippen LogP contribution in [0.4, 0.5) is 5.69 Å². The maximum Gasteiger partial charge on any atom is 0.277 e. The van der Waals surface area contributed by atoms with E-state index in [1.54, 1.807) is 54.6 Å². The number of hydrogen-bond acceptors (Lipinski definition) is 6. The summed E-state index contributed by atoms with van der Waals surface area (Å²) in [7, 11) is 1.53. The Bertz CT molecular complexity index is 1170. The van der Waals surface area contributed by atoms with Gasteiger partial charge >= 0.3 is 0 Å². The fourth-order valence-electron chi connectivity index (χ4n) is 2.68. The van der Waals surface area contributed by atoms with E-state index >= 15 is 0 Å². The summed E-state index contributed by atoms with van der Waals surface area (Å²) in [5, 5.41) is 7.40. The number of hydrazone groups is 1. The van der Waals surface area contributed by atoms with E-state index in [0.717, 1.165) is 0 Å². The molecule has 3 aromatic rings. The molecule has 10 heteroatoms. The standard InChI is InChI=1S/C24H21Cl2N3O5/c1-32-22-5-3-2-4-20(22)28-23(30)14-33-18-9-6-16(7-10-18)13-27-29-24(31)15-34-21-11-8-17(25)12-19(21)26/h2-13H,14-15H2,1H3,(H,28,30)(H,29,31)/b27-13-. The first kappa shape index (κ1) is 24.9. The van der Waals surface area contributed by atoms with Gasteiger partial charge in [0.1, 0.15) is 17.2 Å². The Hall–Kier alpha value is -3.75. The normalized spacial score (nSPS) is 10.6. The molecule has 0 fully saturated rings. The maximum atomic E-state index is 12.1. The van der Waals surface area contributed by atoms with Crippen molar-refractivity contribution in [2.75, 3.05) is 25.6 Å². The van der Waals surface area contributed by atoms with Gasteiger partial charge in [-0.3, -0.25) is 9.59 Å². The SMILES string of the molecule is COc1ccccc1NC(=O)COc1ccc(/C=N\NC(=O)COc2ccc(Cl)cc2Cl)cc1. The number of amides is 2. The van der Waals surface area contributed by atoms with E-state index in [4.69, 9.17) is 37.4 Å². The molecular formula is C24H21Cl2N3O5. The lowest BCUT2D eigenvalue weighted by molar-refractivity contribution is -0.123. The van der Waals surface area contributed by atoms with Gasteiger partial charge in [0.05, 0.1) is 24.0 Å². The van der Waals surface area contributed by atoms with E-state index in [1.165, 1.54) is 19.4 Å². The molecule has 0 aliphatic rings. The number of carbonyl (C=O) groups excluding carboxylic acids is 2. The van der Waals surface area contributed by atoms with Crippen LogP contribution in [0, 0.1) is 0 Å².